The van der Waals surface area contributed by atoms with E-state index in [-0.39, 0.29) is 0 Å². The maximum Gasteiger partial charge on any atom is 0.310 e. The molecule has 1 aliphatic rings. The van der Waals surface area contributed by atoms with Crippen molar-refractivity contribution in [3.8, 4) is 0 Å². The van der Waals surface area contributed by atoms with Gasteiger partial charge in [-0.05, 0) is 33.2 Å². The molecule has 0 aromatic rings. The van der Waals surface area contributed by atoms with Crippen molar-refractivity contribution in [1.29, 1.82) is 0 Å². The van der Waals surface area contributed by atoms with E-state index in [0.717, 1.165) is 32.4 Å². The van der Waals surface area contributed by atoms with Crippen molar-refractivity contribution in [2.24, 2.45) is 5.41 Å². The normalized spacial score (nSPS) is 25.7. The zero-order valence-corrected chi connectivity index (χ0v) is 10.6. The summed E-state index contributed by atoms with van der Waals surface area (Å²) < 4.78 is 0. The Bertz CT molecular complexity index is 282. The number of carbonyl (C=O) groups is 1. The van der Waals surface area contributed by atoms with E-state index in [9.17, 15) is 9.90 Å². The number of nitrogens with zero attached hydrogens (tertiary/aromatic N) is 1. The van der Waals surface area contributed by atoms with Crippen molar-refractivity contribution in [2.75, 3.05) is 19.6 Å². The van der Waals surface area contributed by atoms with E-state index >= 15 is 0 Å². The first-order valence-electron chi connectivity index (χ1n) is 6.09. The molecule has 0 spiro atoms. The largest absolute Gasteiger partial charge is 0.481 e. The first-order valence-corrected chi connectivity index (χ1v) is 6.09. The van der Waals surface area contributed by atoms with E-state index in [2.05, 4.69) is 31.7 Å². The van der Waals surface area contributed by atoms with E-state index in [4.69, 9.17) is 0 Å². The second-order valence-corrected chi connectivity index (χ2v) is 5.10. The maximum atomic E-state index is 11.4. The van der Waals surface area contributed by atoms with Crippen molar-refractivity contribution >= 4 is 5.97 Å². The molecular formula is C13H23NO2. The third kappa shape index (κ3) is 3.08. The highest BCUT2D eigenvalue weighted by molar-refractivity contribution is 5.75. The summed E-state index contributed by atoms with van der Waals surface area (Å²) in [5, 5.41) is 9.35. The Morgan fingerprint density at radius 2 is 2.19 bits per heavy atom. The zero-order valence-electron chi connectivity index (χ0n) is 10.6. The highest BCUT2D eigenvalue weighted by Gasteiger charge is 2.43. The van der Waals surface area contributed by atoms with Gasteiger partial charge >= 0.3 is 5.97 Å². The predicted octanol–water partition coefficient (Wildman–Crippen LogP) is 2.53. The van der Waals surface area contributed by atoms with Crippen LogP contribution in [0.1, 0.15) is 40.0 Å². The first kappa shape index (κ1) is 13.2. The minimum absolute atomic E-state index is 0.482. The molecular weight excluding hydrogens is 202 g/mol. The van der Waals surface area contributed by atoms with Crippen LogP contribution in [0.25, 0.3) is 0 Å². The lowest BCUT2D eigenvalue weighted by Crippen LogP contribution is -2.34. The molecule has 0 aromatic heterocycles. The van der Waals surface area contributed by atoms with Gasteiger partial charge in [0.05, 0.1) is 5.41 Å². The summed E-state index contributed by atoms with van der Waals surface area (Å²) in [4.78, 5) is 13.6. The third-order valence-corrected chi connectivity index (χ3v) is 3.37. The van der Waals surface area contributed by atoms with E-state index < -0.39 is 11.4 Å². The maximum absolute atomic E-state index is 11.4. The molecule has 0 saturated carbocycles. The smallest absolute Gasteiger partial charge is 0.310 e. The SMILES string of the molecule is CCCC1(C(=O)O)CCN(CC=C(C)C)C1. The summed E-state index contributed by atoms with van der Waals surface area (Å²) in [5.74, 6) is -0.617. The van der Waals surface area contributed by atoms with Gasteiger partial charge in [-0.2, -0.15) is 0 Å². The van der Waals surface area contributed by atoms with Crippen molar-refractivity contribution < 1.29 is 9.90 Å². The minimum atomic E-state index is -0.617. The average Bonchev–Trinajstić information content (AvgIpc) is 2.60. The number of rotatable bonds is 5. The Morgan fingerprint density at radius 1 is 1.50 bits per heavy atom. The zero-order chi connectivity index (χ0) is 12.2. The van der Waals surface area contributed by atoms with Gasteiger partial charge in [0, 0.05) is 13.1 Å². The fourth-order valence-corrected chi connectivity index (χ4v) is 2.39. The second-order valence-electron chi connectivity index (χ2n) is 5.10. The number of allylic oxidation sites excluding steroid dienone is 1. The Kier molecular flexibility index (Phi) is 4.54. The van der Waals surface area contributed by atoms with E-state index in [1.54, 1.807) is 0 Å². The van der Waals surface area contributed by atoms with Gasteiger partial charge < -0.3 is 5.11 Å². The minimum Gasteiger partial charge on any atom is -0.481 e. The molecule has 3 nitrogen and oxygen atoms in total. The summed E-state index contributed by atoms with van der Waals surface area (Å²) in [6.07, 6.45) is 4.72. The van der Waals surface area contributed by atoms with Crippen LogP contribution in [0.3, 0.4) is 0 Å². The van der Waals surface area contributed by atoms with E-state index in [1.165, 1.54) is 5.57 Å². The van der Waals surface area contributed by atoms with E-state index in [0.29, 0.717) is 6.54 Å². The molecule has 0 bridgehead atoms. The van der Waals surface area contributed by atoms with Crippen LogP contribution in [0.4, 0.5) is 0 Å². The molecule has 0 aliphatic carbocycles. The van der Waals surface area contributed by atoms with Gasteiger partial charge in [0.15, 0.2) is 0 Å². The molecule has 92 valence electrons. The molecule has 1 atom stereocenters. The standard InChI is InChI=1S/C13H23NO2/c1-4-6-13(12(15)16)7-9-14(10-13)8-5-11(2)3/h5H,4,6-10H2,1-3H3,(H,15,16). The van der Waals surface area contributed by atoms with Crippen molar-refractivity contribution in [3.63, 3.8) is 0 Å². The van der Waals surface area contributed by atoms with Crippen LogP contribution >= 0.6 is 0 Å². The van der Waals surface area contributed by atoms with Crippen LogP contribution < -0.4 is 0 Å². The summed E-state index contributed by atoms with van der Waals surface area (Å²) >= 11 is 0. The quantitative estimate of drug-likeness (QED) is 0.731. The van der Waals surface area contributed by atoms with Crippen LogP contribution in [0.15, 0.2) is 11.6 Å². The van der Waals surface area contributed by atoms with Gasteiger partial charge in [0.2, 0.25) is 0 Å². The molecule has 0 amide bonds. The van der Waals surface area contributed by atoms with Gasteiger partial charge in [0.1, 0.15) is 0 Å². The van der Waals surface area contributed by atoms with Crippen molar-refractivity contribution in [1.82, 2.24) is 4.90 Å². The molecule has 3 heteroatoms. The molecule has 1 unspecified atom stereocenters. The van der Waals surface area contributed by atoms with Crippen LogP contribution in [0.2, 0.25) is 0 Å². The second kappa shape index (κ2) is 5.48. The highest BCUT2D eigenvalue weighted by atomic mass is 16.4. The van der Waals surface area contributed by atoms with Crippen LogP contribution in [0, 0.1) is 5.41 Å². The molecule has 1 saturated heterocycles. The summed E-state index contributed by atoms with van der Waals surface area (Å²) in [6.45, 7) is 8.72. The fourth-order valence-electron chi connectivity index (χ4n) is 2.39. The topological polar surface area (TPSA) is 40.5 Å². The molecule has 0 radical (unpaired) electrons. The van der Waals surface area contributed by atoms with Crippen molar-refractivity contribution in [3.05, 3.63) is 11.6 Å². The summed E-state index contributed by atoms with van der Waals surface area (Å²) in [7, 11) is 0. The number of carboxylic acids is 1. The summed E-state index contributed by atoms with van der Waals surface area (Å²) in [5.41, 5.74) is 0.813. The predicted molar refractivity (Wildman–Crippen MR) is 65.5 cm³/mol. The van der Waals surface area contributed by atoms with Gasteiger partial charge in [0.25, 0.3) is 0 Å². The van der Waals surface area contributed by atoms with Crippen LogP contribution in [-0.2, 0) is 4.79 Å². The van der Waals surface area contributed by atoms with E-state index in [1.807, 2.05) is 0 Å². The molecule has 1 aliphatic heterocycles. The van der Waals surface area contributed by atoms with Crippen LogP contribution in [-0.4, -0.2) is 35.6 Å². The lowest BCUT2D eigenvalue weighted by atomic mass is 9.83. The monoisotopic (exact) mass is 225 g/mol. The Balaban J connectivity index is 2.60. The fraction of sp³-hybridized carbons (Fsp3) is 0.769. The molecule has 1 fully saturated rings. The number of carboxylic acid groups (broad SMARTS) is 1. The molecule has 1 rings (SSSR count). The first-order chi connectivity index (χ1) is 7.50. The summed E-state index contributed by atoms with van der Waals surface area (Å²) in [6, 6.07) is 0. The average molecular weight is 225 g/mol. The number of likely N-dealkylation sites (tertiary alicyclic amines) is 1. The molecule has 16 heavy (non-hydrogen) atoms. The molecule has 1 N–H and O–H groups in total. The van der Waals surface area contributed by atoms with Gasteiger partial charge in [-0.25, -0.2) is 0 Å². The van der Waals surface area contributed by atoms with Gasteiger partial charge in [-0.1, -0.05) is 25.0 Å². The van der Waals surface area contributed by atoms with Crippen LogP contribution in [0.5, 0.6) is 0 Å². The highest BCUT2D eigenvalue weighted by Crippen LogP contribution is 2.35. The number of hydrogen-bond acceptors (Lipinski definition) is 2. The molecule has 1 heterocycles. The lowest BCUT2D eigenvalue weighted by Gasteiger charge is -2.23. The number of hydrogen-bond donors (Lipinski definition) is 1. The lowest BCUT2D eigenvalue weighted by molar-refractivity contribution is -0.148. The van der Waals surface area contributed by atoms with Gasteiger partial charge in [-0.15, -0.1) is 0 Å². The van der Waals surface area contributed by atoms with Gasteiger partial charge in [-0.3, -0.25) is 9.69 Å². The Morgan fingerprint density at radius 3 is 2.69 bits per heavy atom. The molecule has 0 aromatic carbocycles. The Labute approximate surface area is 98.1 Å². The van der Waals surface area contributed by atoms with Crippen molar-refractivity contribution in [2.45, 2.75) is 40.0 Å². The number of aliphatic carboxylic acids is 1. The third-order valence-electron chi connectivity index (χ3n) is 3.37. The Hall–Kier alpha value is -0.830.